The van der Waals surface area contributed by atoms with Crippen molar-refractivity contribution < 1.29 is 23.5 Å². The third-order valence-corrected chi connectivity index (χ3v) is 2.52. The van der Waals surface area contributed by atoms with Gasteiger partial charge in [0.2, 0.25) is 0 Å². The molecule has 1 aromatic rings. The van der Waals surface area contributed by atoms with E-state index < -0.39 is 23.7 Å². The fourth-order valence-electron chi connectivity index (χ4n) is 1.72. The van der Waals surface area contributed by atoms with Crippen LogP contribution in [0.25, 0.3) is 0 Å². The van der Waals surface area contributed by atoms with Crippen molar-refractivity contribution >= 4 is 11.9 Å². The number of carbonyl (C=O) groups is 2. The van der Waals surface area contributed by atoms with E-state index >= 15 is 0 Å². The Bertz CT molecular complexity index is 489. The standard InChI is InChI=1S/C12H12FNO4/c1-2-17-12(16)11(15)14-9-6-18-10-4-3-7(13)5-8(9)10/h3-5,9H,2,6H2,1H3,(H,14,15). The van der Waals surface area contributed by atoms with Gasteiger partial charge in [-0.1, -0.05) is 0 Å². The zero-order chi connectivity index (χ0) is 13.1. The number of fused-ring (bicyclic) bond motifs is 1. The number of hydrogen-bond acceptors (Lipinski definition) is 4. The van der Waals surface area contributed by atoms with E-state index in [2.05, 4.69) is 10.1 Å². The number of benzene rings is 1. The average molecular weight is 253 g/mol. The Labute approximate surface area is 103 Å². The van der Waals surface area contributed by atoms with E-state index in [0.29, 0.717) is 11.3 Å². The van der Waals surface area contributed by atoms with Crippen LogP contribution in [0, 0.1) is 5.82 Å². The van der Waals surface area contributed by atoms with E-state index in [1.54, 1.807) is 6.92 Å². The van der Waals surface area contributed by atoms with Gasteiger partial charge in [-0.25, -0.2) is 9.18 Å². The van der Waals surface area contributed by atoms with Crippen molar-refractivity contribution in [2.24, 2.45) is 0 Å². The molecule has 1 aliphatic heterocycles. The van der Waals surface area contributed by atoms with Gasteiger partial charge < -0.3 is 14.8 Å². The first kappa shape index (κ1) is 12.3. The van der Waals surface area contributed by atoms with Crippen LogP contribution in [-0.2, 0) is 14.3 Å². The molecule has 0 fully saturated rings. The zero-order valence-corrected chi connectivity index (χ0v) is 9.73. The predicted molar refractivity (Wildman–Crippen MR) is 59.4 cm³/mol. The highest BCUT2D eigenvalue weighted by Crippen LogP contribution is 2.32. The third-order valence-electron chi connectivity index (χ3n) is 2.52. The lowest BCUT2D eigenvalue weighted by Gasteiger charge is -2.10. The number of amides is 1. The Morgan fingerprint density at radius 2 is 2.33 bits per heavy atom. The fraction of sp³-hybridized carbons (Fsp3) is 0.333. The van der Waals surface area contributed by atoms with Crippen LogP contribution >= 0.6 is 0 Å². The van der Waals surface area contributed by atoms with Gasteiger partial charge in [0.05, 0.1) is 12.6 Å². The molecule has 1 atom stereocenters. The van der Waals surface area contributed by atoms with Gasteiger partial charge >= 0.3 is 11.9 Å². The molecule has 0 spiro atoms. The van der Waals surface area contributed by atoms with Crippen LogP contribution < -0.4 is 10.1 Å². The zero-order valence-electron chi connectivity index (χ0n) is 9.73. The summed E-state index contributed by atoms with van der Waals surface area (Å²) in [5, 5.41) is 2.44. The van der Waals surface area contributed by atoms with E-state index in [1.807, 2.05) is 0 Å². The van der Waals surface area contributed by atoms with Crippen LogP contribution in [0.3, 0.4) is 0 Å². The minimum absolute atomic E-state index is 0.124. The molecule has 1 heterocycles. The van der Waals surface area contributed by atoms with Gasteiger partial charge in [0.1, 0.15) is 18.2 Å². The minimum Gasteiger partial charge on any atom is -0.491 e. The predicted octanol–water partition coefficient (Wildman–Crippen LogP) is 0.938. The molecular weight excluding hydrogens is 241 g/mol. The smallest absolute Gasteiger partial charge is 0.396 e. The van der Waals surface area contributed by atoms with Gasteiger partial charge in [0.15, 0.2) is 0 Å². The topological polar surface area (TPSA) is 64.6 Å². The normalized spacial score (nSPS) is 16.7. The number of halogens is 1. The molecule has 6 heteroatoms. The average Bonchev–Trinajstić information content (AvgIpc) is 2.72. The minimum atomic E-state index is -0.956. The molecule has 0 aliphatic carbocycles. The van der Waals surface area contributed by atoms with Crippen molar-refractivity contribution in [3.63, 3.8) is 0 Å². The molecule has 1 unspecified atom stereocenters. The van der Waals surface area contributed by atoms with Crippen molar-refractivity contribution in [1.82, 2.24) is 5.32 Å². The Hall–Kier alpha value is -2.11. The highest BCUT2D eigenvalue weighted by molar-refractivity contribution is 6.32. The van der Waals surface area contributed by atoms with Gasteiger partial charge in [-0.2, -0.15) is 0 Å². The first-order chi connectivity index (χ1) is 8.61. The Kier molecular flexibility index (Phi) is 3.45. The highest BCUT2D eigenvalue weighted by atomic mass is 19.1. The maximum Gasteiger partial charge on any atom is 0.396 e. The number of rotatable bonds is 2. The summed E-state index contributed by atoms with van der Waals surface area (Å²) in [4.78, 5) is 22.6. The van der Waals surface area contributed by atoms with Gasteiger partial charge in [-0.05, 0) is 25.1 Å². The van der Waals surface area contributed by atoms with E-state index in [1.165, 1.54) is 18.2 Å². The first-order valence-electron chi connectivity index (χ1n) is 5.51. The quantitative estimate of drug-likeness (QED) is 0.629. The van der Waals surface area contributed by atoms with E-state index in [0.717, 1.165) is 0 Å². The number of esters is 1. The molecule has 0 aromatic heterocycles. The molecule has 2 rings (SSSR count). The number of hydrogen-bond donors (Lipinski definition) is 1. The van der Waals surface area contributed by atoms with Crippen molar-refractivity contribution in [3.8, 4) is 5.75 Å². The molecule has 96 valence electrons. The summed E-state index contributed by atoms with van der Waals surface area (Å²) in [5.41, 5.74) is 0.521. The van der Waals surface area contributed by atoms with Crippen LogP contribution in [0.15, 0.2) is 18.2 Å². The molecule has 1 aromatic carbocycles. The molecule has 1 N–H and O–H groups in total. The molecule has 18 heavy (non-hydrogen) atoms. The molecule has 1 amide bonds. The Balaban J connectivity index is 2.07. The van der Waals surface area contributed by atoms with E-state index in [9.17, 15) is 14.0 Å². The molecular formula is C12H12FNO4. The van der Waals surface area contributed by atoms with Crippen LogP contribution in [0.4, 0.5) is 4.39 Å². The lowest BCUT2D eigenvalue weighted by molar-refractivity contribution is -0.154. The third kappa shape index (κ3) is 2.42. The molecule has 0 radical (unpaired) electrons. The summed E-state index contributed by atoms with van der Waals surface area (Å²) in [5.74, 6) is -1.73. The van der Waals surface area contributed by atoms with Crippen LogP contribution in [0.5, 0.6) is 5.75 Å². The van der Waals surface area contributed by atoms with Crippen molar-refractivity contribution in [2.75, 3.05) is 13.2 Å². The first-order valence-corrected chi connectivity index (χ1v) is 5.51. The summed E-state index contributed by atoms with van der Waals surface area (Å²) >= 11 is 0. The van der Waals surface area contributed by atoms with Crippen LogP contribution in [-0.4, -0.2) is 25.1 Å². The van der Waals surface area contributed by atoms with Crippen LogP contribution in [0.2, 0.25) is 0 Å². The molecule has 5 nitrogen and oxygen atoms in total. The number of ether oxygens (including phenoxy) is 2. The van der Waals surface area contributed by atoms with E-state index in [4.69, 9.17) is 4.74 Å². The summed E-state index contributed by atoms with van der Waals surface area (Å²) in [6, 6.07) is 3.50. The van der Waals surface area contributed by atoms with Gasteiger partial charge in [0.25, 0.3) is 0 Å². The number of carbonyl (C=O) groups excluding carboxylic acids is 2. The molecule has 1 aliphatic rings. The van der Waals surface area contributed by atoms with Crippen LogP contribution in [0.1, 0.15) is 18.5 Å². The maximum atomic E-state index is 13.1. The Morgan fingerprint density at radius 3 is 3.06 bits per heavy atom. The molecule has 0 bridgehead atoms. The van der Waals surface area contributed by atoms with Crippen molar-refractivity contribution in [1.29, 1.82) is 0 Å². The molecule has 0 saturated heterocycles. The lowest BCUT2D eigenvalue weighted by Crippen LogP contribution is -2.36. The van der Waals surface area contributed by atoms with Gasteiger partial charge in [-0.15, -0.1) is 0 Å². The summed E-state index contributed by atoms with van der Waals surface area (Å²) in [6.07, 6.45) is 0. The van der Waals surface area contributed by atoms with Gasteiger partial charge in [0, 0.05) is 5.56 Å². The summed E-state index contributed by atoms with van der Waals surface area (Å²) < 4.78 is 22.9. The van der Waals surface area contributed by atoms with Gasteiger partial charge in [-0.3, -0.25) is 4.79 Å². The number of nitrogens with one attached hydrogen (secondary N) is 1. The highest BCUT2D eigenvalue weighted by Gasteiger charge is 2.28. The summed E-state index contributed by atoms with van der Waals surface area (Å²) in [7, 11) is 0. The second kappa shape index (κ2) is 5.03. The van der Waals surface area contributed by atoms with Crippen molar-refractivity contribution in [2.45, 2.75) is 13.0 Å². The van der Waals surface area contributed by atoms with Crippen molar-refractivity contribution in [3.05, 3.63) is 29.6 Å². The molecule has 0 saturated carbocycles. The van der Waals surface area contributed by atoms with E-state index in [-0.39, 0.29) is 13.2 Å². The lowest BCUT2D eigenvalue weighted by atomic mass is 10.1. The SMILES string of the molecule is CCOC(=O)C(=O)NC1COc2ccc(F)cc21. The largest absolute Gasteiger partial charge is 0.491 e. The monoisotopic (exact) mass is 253 g/mol. The second-order valence-corrected chi connectivity index (χ2v) is 3.74. The Morgan fingerprint density at radius 1 is 1.56 bits per heavy atom. The maximum absolute atomic E-state index is 13.1. The fourth-order valence-corrected chi connectivity index (χ4v) is 1.72. The second-order valence-electron chi connectivity index (χ2n) is 3.74. The summed E-state index contributed by atoms with van der Waals surface area (Å²) in [6.45, 7) is 1.90.